The van der Waals surface area contributed by atoms with Crippen LogP contribution in [0.1, 0.15) is 11.1 Å². The van der Waals surface area contributed by atoms with Gasteiger partial charge in [-0.2, -0.15) is 5.10 Å². The molecule has 26 heavy (non-hydrogen) atoms. The molecule has 3 aromatic rings. The fourth-order valence-electron chi connectivity index (χ4n) is 2.26. The number of hydrogen-bond donors (Lipinski definition) is 1. The molecule has 0 fully saturated rings. The van der Waals surface area contributed by atoms with Crippen molar-refractivity contribution in [1.29, 1.82) is 0 Å². The average Bonchev–Trinajstić information content (AvgIpc) is 2.64. The molecule has 0 aromatic heterocycles. The second-order valence-corrected chi connectivity index (χ2v) is 7.14. The smallest absolute Gasteiger partial charge is 0.128 e. The molecule has 3 nitrogen and oxygen atoms in total. The lowest BCUT2D eigenvalue weighted by atomic mass is 10.2. The van der Waals surface area contributed by atoms with E-state index in [1.807, 2.05) is 48.5 Å². The Hall–Kier alpha value is -2.01. The predicted octanol–water partition coefficient (Wildman–Crippen LogP) is 6.78. The monoisotopic (exact) mass is 448 g/mol. The Morgan fingerprint density at radius 2 is 1.69 bits per heavy atom. The van der Waals surface area contributed by atoms with Crippen LogP contribution >= 0.6 is 39.1 Å². The van der Waals surface area contributed by atoms with E-state index in [4.69, 9.17) is 27.9 Å². The van der Waals surface area contributed by atoms with E-state index >= 15 is 0 Å². The van der Waals surface area contributed by atoms with Crippen LogP contribution in [-0.4, -0.2) is 6.21 Å². The van der Waals surface area contributed by atoms with Crippen LogP contribution in [0.2, 0.25) is 10.0 Å². The third kappa shape index (κ3) is 5.01. The fraction of sp³-hybridized carbons (Fsp3) is 0.0500. The maximum atomic E-state index is 6.20. The van der Waals surface area contributed by atoms with Gasteiger partial charge >= 0.3 is 0 Å². The Labute approximate surface area is 170 Å². The number of halogens is 3. The van der Waals surface area contributed by atoms with Crippen LogP contribution in [0.5, 0.6) is 5.75 Å². The minimum absolute atomic E-state index is 0.271. The van der Waals surface area contributed by atoms with Crippen molar-refractivity contribution in [2.45, 2.75) is 6.61 Å². The Balaban J connectivity index is 1.75. The third-order valence-corrected chi connectivity index (χ3v) is 4.78. The van der Waals surface area contributed by atoms with Crippen molar-refractivity contribution in [1.82, 2.24) is 0 Å². The highest BCUT2D eigenvalue weighted by Crippen LogP contribution is 2.28. The first-order valence-corrected chi connectivity index (χ1v) is 9.38. The number of nitrogens with one attached hydrogen (secondary N) is 1. The molecular formula is C20H15BrCl2N2O. The summed E-state index contributed by atoms with van der Waals surface area (Å²) in [6, 6.07) is 20.8. The summed E-state index contributed by atoms with van der Waals surface area (Å²) in [7, 11) is 0. The molecule has 3 aromatic carbocycles. The molecule has 0 bridgehead atoms. The van der Waals surface area contributed by atoms with Gasteiger partial charge < -0.3 is 4.74 Å². The van der Waals surface area contributed by atoms with Crippen molar-refractivity contribution in [2.75, 3.05) is 5.43 Å². The number of hydrazone groups is 1. The quantitative estimate of drug-likeness (QED) is 0.332. The van der Waals surface area contributed by atoms with Gasteiger partial charge in [0.25, 0.3) is 0 Å². The number of anilines is 1. The van der Waals surface area contributed by atoms with E-state index in [-0.39, 0.29) is 6.61 Å². The molecule has 6 heteroatoms. The molecule has 0 saturated heterocycles. The van der Waals surface area contributed by atoms with E-state index < -0.39 is 0 Å². The number of rotatable bonds is 6. The van der Waals surface area contributed by atoms with Gasteiger partial charge in [-0.15, -0.1) is 0 Å². The number of hydrogen-bond acceptors (Lipinski definition) is 3. The van der Waals surface area contributed by atoms with E-state index in [9.17, 15) is 0 Å². The van der Waals surface area contributed by atoms with Crippen LogP contribution in [-0.2, 0) is 6.61 Å². The largest absolute Gasteiger partial charge is 0.488 e. The van der Waals surface area contributed by atoms with E-state index in [0.29, 0.717) is 15.8 Å². The minimum Gasteiger partial charge on any atom is -0.488 e. The number of para-hydroxylation sites is 1. The van der Waals surface area contributed by atoms with Crippen LogP contribution in [0.4, 0.5) is 5.69 Å². The molecule has 0 aliphatic carbocycles. The van der Waals surface area contributed by atoms with E-state index in [2.05, 4.69) is 26.5 Å². The van der Waals surface area contributed by atoms with E-state index in [1.54, 1.807) is 24.4 Å². The van der Waals surface area contributed by atoms with Crippen molar-refractivity contribution in [2.24, 2.45) is 5.10 Å². The number of benzene rings is 3. The zero-order chi connectivity index (χ0) is 18.4. The van der Waals surface area contributed by atoms with Gasteiger partial charge in [-0.05, 0) is 42.5 Å². The Morgan fingerprint density at radius 1 is 0.962 bits per heavy atom. The highest BCUT2D eigenvalue weighted by molar-refractivity contribution is 9.10. The maximum absolute atomic E-state index is 6.20. The molecule has 0 amide bonds. The van der Waals surface area contributed by atoms with Gasteiger partial charge in [0.15, 0.2) is 0 Å². The first kappa shape index (κ1) is 18.8. The SMILES string of the molecule is Clc1cccc(Cl)c1COc1ccc(Br)cc1C=NNc1ccccc1. The van der Waals surface area contributed by atoms with Crippen LogP contribution in [0.15, 0.2) is 76.3 Å². The summed E-state index contributed by atoms with van der Waals surface area (Å²) in [6.07, 6.45) is 1.71. The lowest BCUT2D eigenvalue weighted by Crippen LogP contribution is -2.00. The van der Waals surface area contributed by atoms with Crippen molar-refractivity contribution in [3.05, 3.63) is 92.4 Å². The summed E-state index contributed by atoms with van der Waals surface area (Å²) in [6.45, 7) is 0.271. The summed E-state index contributed by atoms with van der Waals surface area (Å²) >= 11 is 15.9. The van der Waals surface area contributed by atoms with Crippen molar-refractivity contribution in [3.8, 4) is 5.75 Å². The second kappa shape index (κ2) is 9.08. The second-order valence-electron chi connectivity index (χ2n) is 5.41. The van der Waals surface area contributed by atoms with Crippen molar-refractivity contribution >= 4 is 51.0 Å². The van der Waals surface area contributed by atoms with Crippen LogP contribution in [0, 0.1) is 0 Å². The standard InChI is InChI=1S/C20H15BrCl2N2O/c21-15-9-10-20(26-13-17-18(22)7-4-8-19(17)23)14(11-15)12-24-25-16-5-2-1-3-6-16/h1-12,25H,13H2. The van der Waals surface area contributed by atoms with Gasteiger partial charge in [-0.25, -0.2) is 0 Å². The van der Waals surface area contributed by atoms with Gasteiger partial charge in [0.2, 0.25) is 0 Å². The highest BCUT2D eigenvalue weighted by atomic mass is 79.9. The summed E-state index contributed by atoms with van der Waals surface area (Å²) in [4.78, 5) is 0. The van der Waals surface area contributed by atoms with E-state index in [0.717, 1.165) is 21.3 Å². The lowest BCUT2D eigenvalue weighted by Gasteiger charge is -2.12. The molecular weight excluding hydrogens is 435 g/mol. The first-order chi connectivity index (χ1) is 12.6. The number of ether oxygens (including phenoxy) is 1. The third-order valence-electron chi connectivity index (χ3n) is 3.58. The Morgan fingerprint density at radius 3 is 2.42 bits per heavy atom. The van der Waals surface area contributed by atoms with Gasteiger partial charge in [0, 0.05) is 25.6 Å². The molecule has 3 rings (SSSR count). The van der Waals surface area contributed by atoms with Crippen molar-refractivity contribution < 1.29 is 4.74 Å². The van der Waals surface area contributed by atoms with Crippen molar-refractivity contribution in [3.63, 3.8) is 0 Å². The lowest BCUT2D eigenvalue weighted by molar-refractivity contribution is 0.306. The predicted molar refractivity (Wildman–Crippen MR) is 113 cm³/mol. The summed E-state index contributed by atoms with van der Waals surface area (Å²) in [5.41, 5.74) is 5.47. The molecule has 0 radical (unpaired) electrons. The molecule has 132 valence electrons. The Kier molecular flexibility index (Phi) is 6.56. The zero-order valence-electron chi connectivity index (χ0n) is 13.6. The zero-order valence-corrected chi connectivity index (χ0v) is 16.7. The maximum Gasteiger partial charge on any atom is 0.128 e. The average molecular weight is 450 g/mol. The first-order valence-electron chi connectivity index (χ1n) is 7.83. The van der Waals surface area contributed by atoms with Crippen LogP contribution < -0.4 is 10.2 Å². The molecule has 0 heterocycles. The molecule has 0 aliphatic rings. The Bertz CT molecular complexity index is 897. The molecule has 0 aliphatic heterocycles. The normalized spacial score (nSPS) is 10.9. The highest BCUT2D eigenvalue weighted by Gasteiger charge is 2.08. The molecule has 0 unspecified atom stereocenters. The van der Waals surface area contributed by atoms with Gasteiger partial charge in [0.1, 0.15) is 12.4 Å². The molecule has 1 N–H and O–H groups in total. The minimum atomic E-state index is 0.271. The van der Waals surface area contributed by atoms with Crippen LogP contribution in [0.3, 0.4) is 0 Å². The summed E-state index contributed by atoms with van der Waals surface area (Å²) < 4.78 is 6.87. The molecule has 0 atom stereocenters. The fourth-order valence-corrected chi connectivity index (χ4v) is 3.15. The van der Waals surface area contributed by atoms with E-state index in [1.165, 1.54) is 0 Å². The van der Waals surface area contributed by atoms with Gasteiger partial charge in [-0.1, -0.05) is 63.4 Å². The molecule has 0 spiro atoms. The number of nitrogens with zero attached hydrogens (tertiary/aromatic N) is 1. The van der Waals surface area contributed by atoms with Gasteiger partial charge in [-0.3, -0.25) is 5.43 Å². The topological polar surface area (TPSA) is 33.6 Å². The molecule has 0 saturated carbocycles. The van der Waals surface area contributed by atoms with Crippen LogP contribution in [0.25, 0.3) is 0 Å². The summed E-state index contributed by atoms with van der Waals surface area (Å²) in [5, 5.41) is 5.43. The summed E-state index contributed by atoms with van der Waals surface area (Å²) in [5.74, 6) is 0.683. The van der Waals surface area contributed by atoms with Gasteiger partial charge in [0.05, 0.1) is 11.9 Å².